The normalized spacial score (nSPS) is 11.0. The van der Waals surface area contributed by atoms with Gasteiger partial charge in [0.05, 0.1) is 35.6 Å². The Kier molecular flexibility index (Phi) is 4.32. The fourth-order valence-corrected chi connectivity index (χ4v) is 2.00. The quantitative estimate of drug-likeness (QED) is 0.492. The van der Waals surface area contributed by atoms with Crippen molar-refractivity contribution < 1.29 is 24.7 Å². The Hall–Kier alpha value is -3.01. The SMILES string of the molecule is O=C(O)CN(CC(=O)O)Cc1nc2ccc([N+](=O)[O-])cc2[nH]1. The molecule has 1 heterocycles. The number of rotatable bonds is 7. The number of carboxylic acids is 2. The second-order valence-electron chi connectivity index (χ2n) is 4.57. The van der Waals surface area contributed by atoms with Crippen molar-refractivity contribution in [3.8, 4) is 0 Å². The number of nitro groups is 1. The lowest BCUT2D eigenvalue weighted by Gasteiger charge is -2.15. The van der Waals surface area contributed by atoms with Gasteiger partial charge in [0.2, 0.25) is 0 Å². The number of aromatic nitrogens is 2. The van der Waals surface area contributed by atoms with E-state index in [1.54, 1.807) is 0 Å². The molecule has 0 unspecified atom stereocenters. The third-order valence-corrected chi connectivity index (χ3v) is 2.82. The summed E-state index contributed by atoms with van der Waals surface area (Å²) in [6, 6.07) is 4.08. The molecule has 0 saturated heterocycles. The molecule has 10 heteroatoms. The summed E-state index contributed by atoms with van der Waals surface area (Å²) >= 11 is 0. The average Bonchev–Trinajstić information content (AvgIpc) is 2.77. The molecule has 3 N–H and O–H groups in total. The van der Waals surface area contributed by atoms with Gasteiger partial charge in [-0.3, -0.25) is 24.6 Å². The minimum atomic E-state index is -1.16. The highest BCUT2D eigenvalue weighted by molar-refractivity contribution is 5.78. The first-order chi connectivity index (χ1) is 10.3. The molecule has 0 amide bonds. The number of carboxylic acid groups (broad SMARTS) is 2. The summed E-state index contributed by atoms with van der Waals surface area (Å²) in [5.74, 6) is -1.99. The third kappa shape index (κ3) is 3.76. The van der Waals surface area contributed by atoms with Crippen molar-refractivity contribution in [2.75, 3.05) is 13.1 Å². The largest absolute Gasteiger partial charge is 0.480 e. The van der Waals surface area contributed by atoms with Crippen LogP contribution in [0.5, 0.6) is 0 Å². The number of imidazole rings is 1. The van der Waals surface area contributed by atoms with Crippen molar-refractivity contribution in [2.24, 2.45) is 0 Å². The molecule has 0 radical (unpaired) electrons. The second kappa shape index (κ2) is 6.18. The highest BCUT2D eigenvalue weighted by Crippen LogP contribution is 2.19. The van der Waals surface area contributed by atoms with E-state index in [4.69, 9.17) is 10.2 Å². The van der Waals surface area contributed by atoms with Gasteiger partial charge in [-0.05, 0) is 6.07 Å². The van der Waals surface area contributed by atoms with E-state index in [9.17, 15) is 19.7 Å². The van der Waals surface area contributed by atoms with Crippen LogP contribution in [0, 0.1) is 10.1 Å². The summed E-state index contributed by atoms with van der Waals surface area (Å²) in [5, 5.41) is 28.2. The number of hydrogen-bond donors (Lipinski definition) is 3. The molecule has 0 saturated carbocycles. The van der Waals surface area contributed by atoms with Crippen LogP contribution in [-0.2, 0) is 16.1 Å². The van der Waals surface area contributed by atoms with E-state index in [1.807, 2.05) is 0 Å². The molecule has 116 valence electrons. The zero-order valence-electron chi connectivity index (χ0n) is 11.2. The van der Waals surface area contributed by atoms with Gasteiger partial charge < -0.3 is 15.2 Å². The molecule has 0 aliphatic heterocycles. The van der Waals surface area contributed by atoms with Gasteiger partial charge in [-0.15, -0.1) is 0 Å². The number of H-pyrrole nitrogens is 1. The van der Waals surface area contributed by atoms with E-state index in [2.05, 4.69) is 9.97 Å². The Morgan fingerprint density at radius 3 is 2.45 bits per heavy atom. The molecule has 2 aromatic rings. The van der Waals surface area contributed by atoms with Crippen LogP contribution in [0.3, 0.4) is 0 Å². The molecule has 0 aliphatic carbocycles. The predicted molar refractivity (Wildman–Crippen MR) is 73.3 cm³/mol. The molecule has 0 bridgehead atoms. The first-order valence-corrected chi connectivity index (χ1v) is 6.14. The van der Waals surface area contributed by atoms with Crippen molar-refractivity contribution in [2.45, 2.75) is 6.54 Å². The van der Waals surface area contributed by atoms with Gasteiger partial charge in [0.1, 0.15) is 5.82 Å². The fraction of sp³-hybridized carbons (Fsp3) is 0.250. The van der Waals surface area contributed by atoms with Crippen LogP contribution in [-0.4, -0.2) is 55.0 Å². The second-order valence-corrected chi connectivity index (χ2v) is 4.57. The molecule has 2 rings (SSSR count). The van der Waals surface area contributed by atoms with Crippen molar-refractivity contribution >= 4 is 28.7 Å². The van der Waals surface area contributed by atoms with E-state index < -0.39 is 30.0 Å². The van der Waals surface area contributed by atoms with Gasteiger partial charge in [-0.2, -0.15) is 0 Å². The standard InChI is InChI=1S/C12H12N4O6/c17-11(18)5-15(6-12(19)20)4-10-13-8-2-1-7(16(21)22)3-9(8)14-10/h1-3H,4-6H2,(H,13,14)(H,17,18)(H,19,20). The van der Waals surface area contributed by atoms with E-state index >= 15 is 0 Å². The van der Waals surface area contributed by atoms with E-state index in [0.717, 1.165) is 0 Å². The lowest BCUT2D eigenvalue weighted by molar-refractivity contribution is -0.384. The Bertz CT molecular complexity index is 724. The zero-order chi connectivity index (χ0) is 16.3. The number of nitrogens with one attached hydrogen (secondary N) is 1. The van der Waals surface area contributed by atoms with Gasteiger partial charge in [-0.25, -0.2) is 4.98 Å². The number of nitrogens with zero attached hydrogens (tertiary/aromatic N) is 3. The monoisotopic (exact) mass is 308 g/mol. The molecule has 1 aromatic heterocycles. The van der Waals surface area contributed by atoms with E-state index in [-0.39, 0.29) is 12.2 Å². The zero-order valence-corrected chi connectivity index (χ0v) is 11.2. The van der Waals surface area contributed by atoms with Crippen LogP contribution in [0.4, 0.5) is 5.69 Å². The van der Waals surface area contributed by atoms with Gasteiger partial charge >= 0.3 is 11.9 Å². The minimum Gasteiger partial charge on any atom is -0.480 e. The van der Waals surface area contributed by atoms with Crippen molar-refractivity contribution in [1.82, 2.24) is 14.9 Å². The number of carbonyl (C=O) groups is 2. The molecule has 0 fully saturated rings. The Balaban J connectivity index is 2.23. The summed E-state index contributed by atoms with van der Waals surface area (Å²) in [6.07, 6.45) is 0. The first kappa shape index (κ1) is 15.4. The molecular weight excluding hydrogens is 296 g/mol. The van der Waals surface area contributed by atoms with Crippen LogP contribution >= 0.6 is 0 Å². The number of aliphatic carboxylic acids is 2. The van der Waals surface area contributed by atoms with Gasteiger partial charge in [0, 0.05) is 12.1 Å². The van der Waals surface area contributed by atoms with Gasteiger partial charge in [-0.1, -0.05) is 0 Å². The molecular formula is C12H12N4O6. The molecule has 0 spiro atoms. The number of fused-ring (bicyclic) bond motifs is 1. The van der Waals surface area contributed by atoms with Crippen LogP contribution in [0.1, 0.15) is 5.82 Å². The highest BCUT2D eigenvalue weighted by atomic mass is 16.6. The molecule has 0 atom stereocenters. The Labute approximate surface area is 123 Å². The maximum absolute atomic E-state index is 10.7. The minimum absolute atomic E-state index is 0.0267. The Morgan fingerprint density at radius 2 is 1.91 bits per heavy atom. The maximum atomic E-state index is 10.7. The number of aromatic amines is 1. The van der Waals surface area contributed by atoms with Crippen molar-refractivity contribution in [3.05, 3.63) is 34.1 Å². The van der Waals surface area contributed by atoms with Crippen LogP contribution < -0.4 is 0 Å². The van der Waals surface area contributed by atoms with Crippen LogP contribution in [0.15, 0.2) is 18.2 Å². The lowest BCUT2D eigenvalue weighted by atomic mass is 10.3. The third-order valence-electron chi connectivity index (χ3n) is 2.82. The summed E-state index contributed by atoms with van der Waals surface area (Å²) in [5.41, 5.74) is 0.802. The number of non-ortho nitro benzene ring substituents is 1. The number of nitro benzene ring substituents is 1. The highest BCUT2D eigenvalue weighted by Gasteiger charge is 2.16. The summed E-state index contributed by atoms with van der Waals surface area (Å²) in [6.45, 7) is -0.936. The summed E-state index contributed by atoms with van der Waals surface area (Å²) < 4.78 is 0. The molecule has 1 aromatic carbocycles. The van der Waals surface area contributed by atoms with Gasteiger partial charge in [0.25, 0.3) is 5.69 Å². The topological polar surface area (TPSA) is 150 Å². The maximum Gasteiger partial charge on any atom is 0.317 e. The predicted octanol–water partition coefficient (Wildman–Crippen LogP) is 0.442. The van der Waals surface area contributed by atoms with Gasteiger partial charge in [0.15, 0.2) is 0 Å². The number of hydrogen-bond acceptors (Lipinski definition) is 6. The molecule has 10 nitrogen and oxygen atoms in total. The summed E-state index contributed by atoms with van der Waals surface area (Å²) in [7, 11) is 0. The van der Waals surface area contributed by atoms with E-state index in [0.29, 0.717) is 16.9 Å². The molecule has 22 heavy (non-hydrogen) atoms. The fourth-order valence-electron chi connectivity index (χ4n) is 2.00. The van der Waals surface area contributed by atoms with Crippen LogP contribution in [0.2, 0.25) is 0 Å². The van der Waals surface area contributed by atoms with Crippen molar-refractivity contribution in [1.29, 1.82) is 0 Å². The smallest absolute Gasteiger partial charge is 0.317 e. The molecule has 0 aliphatic rings. The van der Waals surface area contributed by atoms with Crippen LogP contribution in [0.25, 0.3) is 11.0 Å². The average molecular weight is 308 g/mol. The van der Waals surface area contributed by atoms with E-state index in [1.165, 1.54) is 23.1 Å². The number of benzene rings is 1. The summed E-state index contributed by atoms with van der Waals surface area (Å²) in [4.78, 5) is 39.8. The lowest BCUT2D eigenvalue weighted by Crippen LogP contribution is -2.34. The van der Waals surface area contributed by atoms with Crippen molar-refractivity contribution in [3.63, 3.8) is 0 Å². The Morgan fingerprint density at radius 1 is 1.27 bits per heavy atom. The first-order valence-electron chi connectivity index (χ1n) is 6.14.